The first kappa shape index (κ1) is 17.2. The first-order valence-corrected chi connectivity index (χ1v) is 8.35. The molecule has 5 nitrogen and oxygen atoms in total. The van der Waals surface area contributed by atoms with E-state index in [0.717, 1.165) is 12.8 Å². The molecule has 0 radical (unpaired) electrons. The maximum absolute atomic E-state index is 6.22. The number of quaternary nitrogens is 1. The molecule has 0 aromatic carbocycles. The Labute approximate surface area is 128 Å². The zero-order chi connectivity index (χ0) is 15.8. The smallest absolute Gasteiger partial charge is 0.0933 e. The van der Waals surface area contributed by atoms with Gasteiger partial charge in [0, 0.05) is 0 Å². The minimum absolute atomic E-state index is 0.0170. The van der Waals surface area contributed by atoms with Crippen LogP contribution in [0.3, 0.4) is 0 Å². The lowest BCUT2D eigenvalue weighted by atomic mass is 9.91. The molecule has 2 heterocycles. The predicted molar refractivity (Wildman–Crippen MR) is 79.2 cm³/mol. The zero-order valence-corrected chi connectivity index (χ0v) is 14.5. The van der Waals surface area contributed by atoms with E-state index in [9.17, 15) is 0 Å². The van der Waals surface area contributed by atoms with Crippen molar-refractivity contribution in [2.75, 3.05) is 0 Å². The van der Waals surface area contributed by atoms with E-state index < -0.39 is 5.14 Å². The summed E-state index contributed by atoms with van der Waals surface area (Å²) in [6.45, 7) is 14.9. The molecule has 0 aromatic rings. The number of rotatable bonds is 1. The summed E-state index contributed by atoms with van der Waals surface area (Å²) >= 11 is 0. The second-order valence-electron chi connectivity index (χ2n) is 7.33. The van der Waals surface area contributed by atoms with Crippen LogP contribution in [0, 0.1) is 17.8 Å². The molecule has 2 fully saturated rings. The minimum atomic E-state index is -0.568. The molecule has 0 N–H and O–H groups in total. The topological polar surface area (TPSA) is 36.9 Å². The van der Waals surface area contributed by atoms with Crippen molar-refractivity contribution in [3.05, 3.63) is 0 Å². The molecule has 2 aliphatic heterocycles. The van der Waals surface area contributed by atoms with Gasteiger partial charge in [-0.2, -0.15) is 0 Å². The monoisotopic (exact) mass is 302 g/mol. The Kier molecular flexibility index (Phi) is 5.31. The van der Waals surface area contributed by atoms with Crippen molar-refractivity contribution in [1.82, 2.24) is 0 Å². The lowest BCUT2D eigenvalue weighted by Gasteiger charge is -2.31. The van der Waals surface area contributed by atoms with Crippen LogP contribution in [0.25, 0.3) is 0 Å². The third kappa shape index (κ3) is 3.96. The lowest BCUT2D eigenvalue weighted by Crippen LogP contribution is -2.53. The first-order valence-electron chi connectivity index (χ1n) is 8.35. The predicted octanol–water partition coefficient (Wildman–Crippen LogP) is 3.80. The van der Waals surface area contributed by atoms with Gasteiger partial charge in [-0.1, -0.05) is 47.0 Å². The summed E-state index contributed by atoms with van der Waals surface area (Å²) in [7, 11) is 0. The van der Waals surface area contributed by atoms with E-state index in [1.54, 1.807) is 0 Å². The van der Waals surface area contributed by atoms with E-state index in [-0.39, 0.29) is 24.4 Å². The highest BCUT2D eigenvalue weighted by atomic mass is 17.4. The Morgan fingerprint density at radius 3 is 1.81 bits per heavy atom. The van der Waals surface area contributed by atoms with E-state index in [1.165, 1.54) is 0 Å². The average Bonchev–Trinajstić information content (AvgIpc) is 2.51. The van der Waals surface area contributed by atoms with Gasteiger partial charge in [-0.25, -0.2) is 0 Å². The molecule has 0 aromatic heterocycles. The third-order valence-electron chi connectivity index (χ3n) is 4.59. The highest BCUT2D eigenvalue weighted by Crippen LogP contribution is 2.37. The van der Waals surface area contributed by atoms with Crippen LogP contribution in [0.15, 0.2) is 0 Å². The van der Waals surface area contributed by atoms with Gasteiger partial charge in [0.25, 0.3) is 0 Å². The maximum Gasteiger partial charge on any atom is 0.248 e. The molecule has 124 valence electrons. The van der Waals surface area contributed by atoms with Gasteiger partial charge in [0.2, 0.25) is 5.14 Å². The number of nitrogens with zero attached hydrogens (tertiary/aromatic N) is 1. The highest BCUT2D eigenvalue weighted by Gasteiger charge is 2.53. The third-order valence-corrected chi connectivity index (χ3v) is 4.59. The molecule has 2 aliphatic rings. The molecule has 7 atom stereocenters. The van der Waals surface area contributed by atoms with Crippen LogP contribution in [0.4, 0.5) is 0 Å². The molecule has 21 heavy (non-hydrogen) atoms. The van der Waals surface area contributed by atoms with Crippen LogP contribution in [0.2, 0.25) is 0 Å². The van der Waals surface area contributed by atoms with E-state index >= 15 is 0 Å². The second-order valence-corrected chi connectivity index (χ2v) is 7.33. The lowest BCUT2D eigenvalue weighted by molar-refractivity contribution is -1.48. The Morgan fingerprint density at radius 1 is 0.762 bits per heavy atom. The van der Waals surface area contributed by atoms with Crippen LogP contribution in [0.5, 0.6) is 0 Å². The van der Waals surface area contributed by atoms with Crippen molar-refractivity contribution in [3.8, 4) is 0 Å². The van der Waals surface area contributed by atoms with Crippen molar-refractivity contribution < 1.29 is 24.5 Å². The van der Waals surface area contributed by atoms with E-state index in [4.69, 9.17) is 19.4 Å². The first-order chi connectivity index (χ1) is 9.72. The van der Waals surface area contributed by atoms with Gasteiger partial charge in [-0.3, -0.25) is 0 Å². The average molecular weight is 302 g/mol. The summed E-state index contributed by atoms with van der Waals surface area (Å²) < 4.78 is 0. The molecule has 0 saturated carbocycles. The van der Waals surface area contributed by atoms with Gasteiger partial charge in [-0.05, 0) is 51.4 Å². The number of hydrogen-bond donors (Lipinski definition) is 0. The molecular formula is C16H32NO4+. The van der Waals surface area contributed by atoms with Gasteiger partial charge in [0.05, 0.1) is 0 Å². The van der Waals surface area contributed by atoms with Gasteiger partial charge >= 0.3 is 0 Å². The normalized spacial score (nSPS) is 49.1. The molecule has 0 aliphatic carbocycles. The van der Waals surface area contributed by atoms with Crippen LogP contribution >= 0.6 is 0 Å². The Balaban J connectivity index is 2.28. The van der Waals surface area contributed by atoms with Crippen molar-refractivity contribution in [2.24, 2.45) is 17.8 Å². The second kappa shape index (κ2) is 6.50. The summed E-state index contributed by atoms with van der Waals surface area (Å²) in [6.07, 6.45) is 1.99. The van der Waals surface area contributed by atoms with Gasteiger partial charge in [0.1, 0.15) is 24.4 Å². The molecular weight excluding hydrogens is 270 g/mol. The minimum Gasteiger partial charge on any atom is -0.0933 e. The molecule has 0 bridgehead atoms. The summed E-state index contributed by atoms with van der Waals surface area (Å²) in [4.78, 5) is 24.4. The number of hydrogen-bond acceptors (Lipinski definition) is 4. The van der Waals surface area contributed by atoms with E-state index in [2.05, 4.69) is 41.5 Å². The van der Waals surface area contributed by atoms with Gasteiger partial charge < -0.3 is 0 Å². The molecule has 5 unspecified atom stereocenters. The molecule has 1 spiro atoms. The van der Waals surface area contributed by atoms with Crippen molar-refractivity contribution in [2.45, 2.75) is 85.7 Å². The molecule has 2 saturated heterocycles. The van der Waals surface area contributed by atoms with Crippen LogP contribution in [-0.4, -0.2) is 29.6 Å². The van der Waals surface area contributed by atoms with Crippen molar-refractivity contribution >= 4 is 0 Å². The highest BCUT2D eigenvalue weighted by molar-refractivity contribution is 4.72. The Bertz CT molecular complexity index is 347. The fraction of sp³-hybridized carbons (Fsp3) is 1.00. The Hall–Kier alpha value is -0.200. The van der Waals surface area contributed by atoms with Gasteiger partial charge in [-0.15, -0.1) is 0 Å². The SMILES string of the molecule is CC1CC(C)[C@H](C(C)C)O[N+]2(O1)OC(C)C[C@H](C)C(C)O2. The van der Waals surface area contributed by atoms with E-state index in [1.807, 2.05) is 6.92 Å². The molecule has 5 heteroatoms. The van der Waals surface area contributed by atoms with Crippen molar-refractivity contribution in [3.63, 3.8) is 0 Å². The maximum atomic E-state index is 6.22. The summed E-state index contributed by atoms with van der Waals surface area (Å²) in [5.41, 5.74) is 0. The quantitative estimate of drug-likeness (QED) is 0.690. The Morgan fingerprint density at radius 2 is 1.29 bits per heavy atom. The van der Waals surface area contributed by atoms with Crippen molar-refractivity contribution in [1.29, 1.82) is 0 Å². The molecule has 0 amide bonds. The standard InChI is InChI=1S/C16H32NO4/c1-10(2)16-12(4)9-14(6)19-17(21-16)18-13(5)8-11(3)15(7)20-17/h10-16H,8-9H2,1-7H3/q+1/t11-,12?,13?,14?,15?,16-,17?/m0/s1. The fourth-order valence-corrected chi connectivity index (χ4v) is 3.39. The fourth-order valence-electron chi connectivity index (χ4n) is 3.39. The van der Waals surface area contributed by atoms with Crippen LogP contribution in [0.1, 0.15) is 61.3 Å². The van der Waals surface area contributed by atoms with E-state index in [0.29, 0.717) is 17.8 Å². The summed E-state index contributed by atoms with van der Waals surface area (Å²) in [5, 5.41) is -0.568. The summed E-state index contributed by atoms with van der Waals surface area (Å²) in [6, 6.07) is 0. The summed E-state index contributed by atoms with van der Waals surface area (Å²) in [5.74, 6) is 1.18. The molecule has 2 rings (SSSR count). The largest absolute Gasteiger partial charge is 0.248 e. The van der Waals surface area contributed by atoms with Crippen LogP contribution < -0.4 is 0 Å². The van der Waals surface area contributed by atoms with Crippen LogP contribution in [-0.2, 0) is 19.4 Å². The zero-order valence-electron chi connectivity index (χ0n) is 14.5. The van der Waals surface area contributed by atoms with Gasteiger partial charge in [0.15, 0.2) is 0 Å².